The number of nitrogens with zero attached hydrogens (tertiary/aromatic N) is 2. The Hall–Kier alpha value is -2.64. The SMILES string of the molecule is O=C(c1ccccc1F)N1CC(Oc2ccc(C(F)(F)F)cn2)C1. The molecule has 0 bridgehead atoms. The molecular formula is C16H12F4N2O2. The topological polar surface area (TPSA) is 42.4 Å². The summed E-state index contributed by atoms with van der Waals surface area (Å²) in [5, 5.41) is 0. The van der Waals surface area contributed by atoms with Crippen molar-refractivity contribution in [3.05, 3.63) is 59.5 Å². The van der Waals surface area contributed by atoms with Crippen molar-refractivity contribution in [2.75, 3.05) is 13.1 Å². The van der Waals surface area contributed by atoms with Crippen molar-refractivity contribution in [1.29, 1.82) is 0 Å². The molecule has 3 rings (SSSR count). The van der Waals surface area contributed by atoms with Crippen molar-refractivity contribution >= 4 is 5.91 Å². The minimum Gasteiger partial charge on any atom is -0.471 e. The summed E-state index contributed by atoms with van der Waals surface area (Å²) in [4.78, 5) is 17.1. The molecule has 0 aliphatic carbocycles. The number of amides is 1. The highest BCUT2D eigenvalue weighted by Crippen LogP contribution is 2.29. The fourth-order valence-electron chi connectivity index (χ4n) is 2.27. The number of carbonyl (C=O) groups is 1. The minimum absolute atomic E-state index is 0.0244. The van der Waals surface area contributed by atoms with Crippen LogP contribution >= 0.6 is 0 Å². The average Bonchev–Trinajstić information content (AvgIpc) is 2.50. The summed E-state index contributed by atoms with van der Waals surface area (Å²) in [5.74, 6) is -1.00. The van der Waals surface area contributed by atoms with E-state index in [4.69, 9.17) is 4.74 Å². The van der Waals surface area contributed by atoms with Gasteiger partial charge in [-0.1, -0.05) is 12.1 Å². The summed E-state index contributed by atoms with van der Waals surface area (Å²) >= 11 is 0. The normalized spacial score (nSPS) is 15.1. The molecule has 0 spiro atoms. The molecule has 2 heterocycles. The summed E-state index contributed by atoms with van der Waals surface area (Å²) in [6.45, 7) is 0.436. The third kappa shape index (κ3) is 3.32. The first kappa shape index (κ1) is 16.2. The molecule has 1 aliphatic rings. The molecule has 1 aromatic carbocycles. The predicted molar refractivity (Wildman–Crippen MR) is 76.0 cm³/mol. The first-order chi connectivity index (χ1) is 11.3. The maximum absolute atomic E-state index is 13.6. The van der Waals surface area contributed by atoms with Crippen LogP contribution in [0.4, 0.5) is 17.6 Å². The lowest BCUT2D eigenvalue weighted by molar-refractivity contribution is -0.137. The van der Waals surface area contributed by atoms with Crippen molar-refractivity contribution in [3.8, 4) is 5.88 Å². The molecular weight excluding hydrogens is 328 g/mol. The number of rotatable bonds is 3. The molecule has 24 heavy (non-hydrogen) atoms. The van der Waals surface area contributed by atoms with Gasteiger partial charge < -0.3 is 9.64 Å². The number of hydrogen-bond donors (Lipinski definition) is 0. The number of alkyl halides is 3. The molecule has 1 amide bonds. The van der Waals surface area contributed by atoms with E-state index in [0.29, 0.717) is 6.20 Å². The van der Waals surface area contributed by atoms with E-state index >= 15 is 0 Å². The van der Waals surface area contributed by atoms with Crippen LogP contribution in [0.15, 0.2) is 42.6 Å². The van der Waals surface area contributed by atoms with Gasteiger partial charge in [-0.15, -0.1) is 0 Å². The maximum atomic E-state index is 13.6. The van der Waals surface area contributed by atoms with Crippen molar-refractivity contribution in [1.82, 2.24) is 9.88 Å². The molecule has 0 unspecified atom stereocenters. The largest absolute Gasteiger partial charge is 0.471 e. The lowest BCUT2D eigenvalue weighted by Gasteiger charge is -2.38. The Kier molecular flexibility index (Phi) is 4.13. The number of carbonyl (C=O) groups excluding carboxylic acids is 1. The van der Waals surface area contributed by atoms with Crippen LogP contribution in [0.1, 0.15) is 15.9 Å². The predicted octanol–water partition coefficient (Wildman–Crippen LogP) is 3.14. The van der Waals surface area contributed by atoms with E-state index in [0.717, 1.165) is 12.1 Å². The van der Waals surface area contributed by atoms with Gasteiger partial charge >= 0.3 is 6.18 Å². The second-order valence-electron chi connectivity index (χ2n) is 5.31. The highest BCUT2D eigenvalue weighted by atomic mass is 19.4. The van der Waals surface area contributed by atoms with Gasteiger partial charge in [0.05, 0.1) is 24.2 Å². The van der Waals surface area contributed by atoms with Crippen LogP contribution < -0.4 is 4.74 Å². The quantitative estimate of drug-likeness (QED) is 0.806. The van der Waals surface area contributed by atoms with Gasteiger partial charge in [0.1, 0.15) is 11.9 Å². The van der Waals surface area contributed by atoms with Gasteiger partial charge in [0, 0.05) is 12.3 Å². The van der Waals surface area contributed by atoms with Gasteiger partial charge in [-0.3, -0.25) is 4.79 Å². The van der Waals surface area contributed by atoms with E-state index in [1.807, 2.05) is 0 Å². The van der Waals surface area contributed by atoms with Crippen LogP contribution in [0.5, 0.6) is 5.88 Å². The van der Waals surface area contributed by atoms with Gasteiger partial charge in [0.2, 0.25) is 5.88 Å². The van der Waals surface area contributed by atoms with E-state index in [-0.39, 0.29) is 30.6 Å². The molecule has 8 heteroatoms. The van der Waals surface area contributed by atoms with Crippen LogP contribution in [0.2, 0.25) is 0 Å². The summed E-state index contributed by atoms with van der Waals surface area (Å²) in [6.07, 6.45) is -4.15. The van der Waals surface area contributed by atoms with E-state index in [1.165, 1.54) is 23.1 Å². The van der Waals surface area contributed by atoms with Crippen LogP contribution in [-0.4, -0.2) is 35.0 Å². The molecule has 2 aromatic rings. The number of aromatic nitrogens is 1. The molecule has 1 aliphatic heterocycles. The summed E-state index contributed by atoms with van der Waals surface area (Å²) < 4.78 is 56.3. The van der Waals surface area contributed by atoms with E-state index < -0.39 is 23.5 Å². The molecule has 0 saturated carbocycles. The van der Waals surface area contributed by atoms with Gasteiger partial charge in [-0.25, -0.2) is 9.37 Å². The zero-order chi connectivity index (χ0) is 17.3. The first-order valence-electron chi connectivity index (χ1n) is 7.08. The van der Waals surface area contributed by atoms with Crippen LogP contribution in [0, 0.1) is 5.82 Å². The second-order valence-corrected chi connectivity index (χ2v) is 5.31. The Morgan fingerprint density at radius 2 is 1.88 bits per heavy atom. The Morgan fingerprint density at radius 1 is 1.17 bits per heavy atom. The Balaban J connectivity index is 1.56. The summed E-state index contributed by atoms with van der Waals surface area (Å²) in [7, 11) is 0. The molecule has 1 fully saturated rings. The van der Waals surface area contributed by atoms with Crippen molar-refractivity contribution < 1.29 is 27.1 Å². The number of likely N-dealkylation sites (tertiary alicyclic amines) is 1. The molecule has 4 nitrogen and oxygen atoms in total. The first-order valence-corrected chi connectivity index (χ1v) is 7.08. The summed E-state index contributed by atoms with van der Waals surface area (Å²) in [5.41, 5.74) is -0.886. The van der Waals surface area contributed by atoms with Gasteiger partial charge in [-0.05, 0) is 18.2 Å². The molecule has 0 radical (unpaired) electrons. The number of halogens is 4. The average molecular weight is 340 g/mol. The molecule has 126 valence electrons. The number of ether oxygens (including phenoxy) is 1. The van der Waals surface area contributed by atoms with Crippen LogP contribution in [0.25, 0.3) is 0 Å². The minimum atomic E-state index is -4.45. The van der Waals surface area contributed by atoms with E-state index in [1.54, 1.807) is 6.07 Å². The standard InChI is InChI=1S/C16H12F4N2O2/c17-13-4-2-1-3-12(13)15(23)22-8-11(9-22)24-14-6-5-10(7-21-14)16(18,19)20/h1-7,11H,8-9H2. The van der Waals surface area contributed by atoms with Crippen molar-refractivity contribution in [3.63, 3.8) is 0 Å². The lowest BCUT2D eigenvalue weighted by Crippen LogP contribution is -2.56. The number of pyridine rings is 1. The van der Waals surface area contributed by atoms with E-state index in [2.05, 4.69) is 4.98 Å². The Morgan fingerprint density at radius 3 is 2.46 bits per heavy atom. The summed E-state index contributed by atoms with van der Waals surface area (Å²) in [6, 6.07) is 7.66. The van der Waals surface area contributed by atoms with Gasteiger partial charge in [0.25, 0.3) is 5.91 Å². The Labute approximate surface area is 134 Å². The molecule has 0 atom stereocenters. The monoisotopic (exact) mass is 340 g/mol. The second kappa shape index (κ2) is 6.10. The smallest absolute Gasteiger partial charge is 0.417 e. The van der Waals surface area contributed by atoms with Crippen LogP contribution in [0.3, 0.4) is 0 Å². The van der Waals surface area contributed by atoms with Gasteiger partial charge in [-0.2, -0.15) is 13.2 Å². The van der Waals surface area contributed by atoms with E-state index in [9.17, 15) is 22.4 Å². The Bertz CT molecular complexity index is 740. The maximum Gasteiger partial charge on any atom is 0.417 e. The zero-order valence-corrected chi connectivity index (χ0v) is 12.3. The highest BCUT2D eigenvalue weighted by molar-refractivity contribution is 5.95. The van der Waals surface area contributed by atoms with Crippen molar-refractivity contribution in [2.45, 2.75) is 12.3 Å². The lowest BCUT2D eigenvalue weighted by atomic mass is 10.1. The van der Waals surface area contributed by atoms with Crippen molar-refractivity contribution in [2.24, 2.45) is 0 Å². The fraction of sp³-hybridized carbons (Fsp3) is 0.250. The highest BCUT2D eigenvalue weighted by Gasteiger charge is 2.34. The molecule has 0 N–H and O–H groups in total. The molecule has 1 saturated heterocycles. The van der Waals surface area contributed by atoms with Gasteiger partial charge in [0.15, 0.2) is 0 Å². The number of benzene rings is 1. The fourth-order valence-corrected chi connectivity index (χ4v) is 2.27. The van der Waals surface area contributed by atoms with Crippen LogP contribution in [-0.2, 0) is 6.18 Å². The zero-order valence-electron chi connectivity index (χ0n) is 12.3. The third-order valence-corrected chi connectivity index (χ3v) is 3.59. The third-order valence-electron chi connectivity index (χ3n) is 3.59. The molecule has 1 aromatic heterocycles. The number of hydrogen-bond acceptors (Lipinski definition) is 3.